The van der Waals surface area contributed by atoms with Crippen molar-refractivity contribution in [2.24, 2.45) is 11.7 Å². The van der Waals surface area contributed by atoms with Gasteiger partial charge in [0.15, 0.2) is 0 Å². The highest BCUT2D eigenvalue weighted by Gasteiger charge is 2.20. The van der Waals surface area contributed by atoms with Crippen LogP contribution in [0, 0.1) is 5.92 Å². The van der Waals surface area contributed by atoms with Crippen LogP contribution in [-0.2, 0) is 6.54 Å². The Morgan fingerprint density at radius 2 is 2.25 bits per heavy atom. The Bertz CT molecular complexity index is 287. The topological polar surface area (TPSA) is 29.3 Å². The van der Waals surface area contributed by atoms with Crippen LogP contribution in [0.5, 0.6) is 0 Å². The Balaban J connectivity index is 1.73. The molecule has 90 valence electrons. The van der Waals surface area contributed by atoms with E-state index in [1.54, 1.807) is 0 Å². The first-order valence-corrected chi connectivity index (χ1v) is 7.12. The number of likely N-dealkylation sites (tertiary alicyclic amines) is 1. The van der Waals surface area contributed by atoms with E-state index in [9.17, 15) is 0 Å². The lowest BCUT2D eigenvalue weighted by atomic mass is 9.91. The number of nitrogens with two attached hydrogens (primary N) is 1. The first-order chi connectivity index (χ1) is 7.74. The number of hydrogen-bond donors (Lipinski definition) is 1. The molecule has 0 amide bonds. The second-order valence-corrected chi connectivity index (χ2v) is 6.04. The normalized spacial score (nSPS) is 21.1. The summed E-state index contributed by atoms with van der Waals surface area (Å²) in [5.74, 6) is 0.861. The molecular weight excluding hydrogens is 216 g/mol. The van der Waals surface area contributed by atoms with E-state index in [0.717, 1.165) is 12.5 Å². The molecule has 1 aromatic rings. The fourth-order valence-corrected chi connectivity index (χ4v) is 3.28. The molecular formula is C13H22N2S. The minimum Gasteiger partial charge on any atom is -0.328 e. The molecule has 3 heteroatoms. The Labute approximate surface area is 102 Å². The lowest BCUT2D eigenvalue weighted by Crippen LogP contribution is -2.34. The van der Waals surface area contributed by atoms with Crippen molar-refractivity contribution in [1.82, 2.24) is 4.90 Å². The van der Waals surface area contributed by atoms with Crippen LogP contribution < -0.4 is 5.73 Å². The van der Waals surface area contributed by atoms with Gasteiger partial charge in [0.1, 0.15) is 0 Å². The summed E-state index contributed by atoms with van der Waals surface area (Å²) in [6.45, 7) is 5.76. The lowest BCUT2D eigenvalue weighted by Gasteiger charge is -2.32. The van der Waals surface area contributed by atoms with E-state index >= 15 is 0 Å². The van der Waals surface area contributed by atoms with Crippen LogP contribution in [0.3, 0.4) is 0 Å². The molecule has 0 spiro atoms. The van der Waals surface area contributed by atoms with E-state index in [1.807, 2.05) is 11.3 Å². The molecule has 16 heavy (non-hydrogen) atoms. The molecule has 2 nitrogen and oxygen atoms in total. The van der Waals surface area contributed by atoms with Gasteiger partial charge in [0.2, 0.25) is 0 Å². The maximum atomic E-state index is 5.86. The van der Waals surface area contributed by atoms with Crippen LogP contribution in [-0.4, -0.2) is 24.0 Å². The maximum Gasteiger partial charge on any atom is 0.0327 e. The zero-order chi connectivity index (χ0) is 11.4. The monoisotopic (exact) mass is 238 g/mol. The van der Waals surface area contributed by atoms with Gasteiger partial charge in [-0.3, -0.25) is 4.90 Å². The number of rotatable bonds is 4. The fraction of sp³-hybridized carbons (Fsp3) is 0.692. The largest absolute Gasteiger partial charge is 0.328 e. The number of hydrogen-bond acceptors (Lipinski definition) is 3. The molecule has 1 fully saturated rings. The molecule has 0 radical (unpaired) electrons. The smallest absolute Gasteiger partial charge is 0.0327 e. The van der Waals surface area contributed by atoms with Gasteiger partial charge < -0.3 is 5.73 Å². The second kappa shape index (κ2) is 5.80. The van der Waals surface area contributed by atoms with Crippen molar-refractivity contribution in [3.05, 3.63) is 22.4 Å². The first-order valence-electron chi connectivity index (χ1n) is 6.24. The zero-order valence-corrected chi connectivity index (χ0v) is 10.9. The van der Waals surface area contributed by atoms with Gasteiger partial charge in [-0.1, -0.05) is 6.07 Å². The summed E-state index contributed by atoms with van der Waals surface area (Å²) in [5, 5.41) is 2.16. The molecule has 2 rings (SSSR count). The van der Waals surface area contributed by atoms with E-state index < -0.39 is 0 Å². The lowest BCUT2D eigenvalue weighted by molar-refractivity contribution is 0.170. The quantitative estimate of drug-likeness (QED) is 0.874. The van der Waals surface area contributed by atoms with Crippen LogP contribution in [0.15, 0.2) is 17.5 Å². The third kappa shape index (κ3) is 3.58. The summed E-state index contributed by atoms with van der Waals surface area (Å²) in [6.07, 6.45) is 3.85. The highest BCUT2D eigenvalue weighted by molar-refractivity contribution is 7.09. The Kier molecular flexibility index (Phi) is 4.38. The summed E-state index contributed by atoms with van der Waals surface area (Å²) in [4.78, 5) is 4.06. The summed E-state index contributed by atoms with van der Waals surface area (Å²) >= 11 is 1.87. The molecule has 2 heterocycles. The van der Waals surface area contributed by atoms with Crippen molar-refractivity contribution < 1.29 is 0 Å². The van der Waals surface area contributed by atoms with Gasteiger partial charge in [-0.25, -0.2) is 0 Å². The molecule has 1 atom stereocenters. The molecule has 1 unspecified atom stereocenters. The minimum absolute atomic E-state index is 0.369. The van der Waals surface area contributed by atoms with Crippen molar-refractivity contribution in [3.8, 4) is 0 Å². The molecule has 2 N–H and O–H groups in total. The van der Waals surface area contributed by atoms with Crippen LogP contribution in [0.2, 0.25) is 0 Å². The van der Waals surface area contributed by atoms with Crippen molar-refractivity contribution >= 4 is 11.3 Å². The maximum absolute atomic E-state index is 5.86. The van der Waals surface area contributed by atoms with E-state index in [0.29, 0.717) is 6.04 Å². The zero-order valence-electron chi connectivity index (χ0n) is 10.1. The van der Waals surface area contributed by atoms with Crippen LogP contribution in [0.1, 0.15) is 31.1 Å². The molecule has 1 saturated heterocycles. The van der Waals surface area contributed by atoms with Gasteiger partial charge in [-0.15, -0.1) is 11.3 Å². The summed E-state index contributed by atoms with van der Waals surface area (Å²) in [7, 11) is 0. The SMILES string of the molecule is CC(N)CC1CCN(Cc2cccs2)CC1. The average Bonchev–Trinajstić information content (AvgIpc) is 2.73. The number of nitrogens with zero attached hydrogens (tertiary/aromatic N) is 1. The summed E-state index contributed by atoms with van der Waals surface area (Å²) in [6, 6.07) is 4.75. The van der Waals surface area contributed by atoms with Crippen LogP contribution in [0.25, 0.3) is 0 Å². The Morgan fingerprint density at radius 3 is 2.81 bits per heavy atom. The van der Waals surface area contributed by atoms with Gasteiger partial charge in [-0.2, -0.15) is 0 Å². The predicted molar refractivity (Wildman–Crippen MR) is 70.6 cm³/mol. The van der Waals surface area contributed by atoms with Crippen molar-refractivity contribution in [2.75, 3.05) is 13.1 Å². The minimum atomic E-state index is 0.369. The first kappa shape index (κ1) is 12.1. The molecule has 1 aromatic heterocycles. The summed E-state index contributed by atoms with van der Waals surface area (Å²) < 4.78 is 0. The predicted octanol–water partition coefficient (Wildman–Crippen LogP) is 2.70. The number of piperidine rings is 1. The second-order valence-electron chi connectivity index (χ2n) is 5.01. The van der Waals surface area contributed by atoms with E-state index in [1.165, 1.54) is 37.2 Å². The van der Waals surface area contributed by atoms with E-state index in [4.69, 9.17) is 5.73 Å². The van der Waals surface area contributed by atoms with Crippen molar-refractivity contribution in [2.45, 2.75) is 38.8 Å². The van der Waals surface area contributed by atoms with Gasteiger partial charge >= 0.3 is 0 Å². The van der Waals surface area contributed by atoms with E-state index in [-0.39, 0.29) is 0 Å². The molecule has 0 aliphatic carbocycles. The molecule has 0 aromatic carbocycles. The van der Waals surface area contributed by atoms with E-state index in [2.05, 4.69) is 29.3 Å². The van der Waals surface area contributed by atoms with Gasteiger partial charge in [0, 0.05) is 17.5 Å². The molecule has 0 bridgehead atoms. The summed E-state index contributed by atoms with van der Waals surface area (Å²) in [5.41, 5.74) is 5.86. The fourth-order valence-electron chi connectivity index (χ4n) is 2.53. The van der Waals surface area contributed by atoms with Gasteiger partial charge in [-0.05, 0) is 56.6 Å². The standard InChI is InChI=1S/C13H22N2S/c1-11(14)9-12-4-6-15(7-5-12)10-13-3-2-8-16-13/h2-3,8,11-12H,4-7,9-10,14H2,1H3. The molecule has 1 aliphatic heterocycles. The number of thiophene rings is 1. The Hall–Kier alpha value is -0.380. The van der Waals surface area contributed by atoms with Crippen molar-refractivity contribution in [3.63, 3.8) is 0 Å². The third-order valence-electron chi connectivity index (χ3n) is 3.37. The van der Waals surface area contributed by atoms with Crippen LogP contribution >= 0.6 is 11.3 Å². The highest BCUT2D eigenvalue weighted by Crippen LogP contribution is 2.23. The van der Waals surface area contributed by atoms with Gasteiger partial charge in [0.05, 0.1) is 0 Å². The average molecular weight is 238 g/mol. The van der Waals surface area contributed by atoms with Crippen LogP contribution in [0.4, 0.5) is 0 Å². The molecule has 0 saturated carbocycles. The van der Waals surface area contributed by atoms with Crippen molar-refractivity contribution in [1.29, 1.82) is 0 Å². The third-order valence-corrected chi connectivity index (χ3v) is 4.23. The Morgan fingerprint density at radius 1 is 1.50 bits per heavy atom. The molecule has 1 aliphatic rings. The highest BCUT2D eigenvalue weighted by atomic mass is 32.1. The van der Waals surface area contributed by atoms with Gasteiger partial charge in [0.25, 0.3) is 0 Å².